The number of nitrogens with two attached hydrogens (primary N) is 1. The van der Waals surface area contributed by atoms with Gasteiger partial charge in [0.15, 0.2) is 5.76 Å². The van der Waals surface area contributed by atoms with Crippen molar-refractivity contribution in [2.24, 2.45) is 5.73 Å². The summed E-state index contributed by atoms with van der Waals surface area (Å²) in [6, 6.07) is 9.70. The standard InChI is InChI=1S/C11H11BrN2O2/c12-9-10(8-4-2-1-3-5-8)16-14-11(9)15-7-6-13/h1-5H,6-7,13H2. The van der Waals surface area contributed by atoms with Gasteiger partial charge in [-0.05, 0) is 21.1 Å². The van der Waals surface area contributed by atoms with E-state index in [1.807, 2.05) is 30.3 Å². The summed E-state index contributed by atoms with van der Waals surface area (Å²) >= 11 is 3.40. The van der Waals surface area contributed by atoms with E-state index in [2.05, 4.69) is 21.1 Å². The maximum absolute atomic E-state index is 5.35. The summed E-state index contributed by atoms with van der Waals surface area (Å²) in [5.74, 6) is 1.09. The van der Waals surface area contributed by atoms with E-state index in [4.69, 9.17) is 15.0 Å². The molecule has 5 heteroatoms. The summed E-state index contributed by atoms with van der Waals surface area (Å²) in [7, 11) is 0. The fourth-order valence-corrected chi connectivity index (χ4v) is 1.77. The van der Waals surface area contributed by atoms with Crippen molar-refractivity contribution in [1.29, 1.82) is 0 Å². The second kappa shape index (κ2) is 5.14. The molecule has 0 spiro atoms. The fourth-order valence-electron chi connectivity index (χ4n) is 1.28. The van der Waals surface area contributed by atoms with Crippen LogP contribution in [-0.2, 0) is 0 Å². The molecule has 0 amide bonds. The Morgan fingerprint density at radius 2 is 2.06 bits per heavy atom. The molecule has 2 N–H and O–H groups in total. The quantitative estimate of drug-likeness (QED) is 0.936. The van der Waals surface area contributed by atoms with Gasteiger partial charge < -0.3 is 15.0 Å². The van der Waals surface area contributed by atoms with Gasteiger partial charge in [-0.1, -0.05) is 30.3 Å². The van der Waals surface area contributed by atoms with Gasteiger partial charge in [-0.25, -0.2) is 0 Å². The first kappa shape index (κ1) is 11.2. The molecule has 1 aromatic heterocycles. The van der Waals surface area contributed by atoms with E-state index in [1.54, 1.807) is 0 Å². The average molecular weight is 283 g/mol. The third kappa shape index (κ3) is 2.25. The third-order valence-electron chi connectivity index (χ3n) is 2.00. The summed E-state index contributed by atoms with van der Waals surface area (Å²) in [4.78, 5) is 0. The van der Waals surface area contributed by atoms with Gasteiger partial charge >= 0.3 is 0 Å². The molecular weight excluding hydrogens is 272 g/mol. The molecule has 4 nitrogen and oxygen atoms in total. The lowest BCUT2D eigenvalue weighted by molar-refractivity contribution is 0.287. The van der Waals surface area contributed by atoms with Gasteiger partial charge in [0.05, 0.1) is 0 Å². The Hall–Kier alpha value is -1.33. The van der Waals surface area contributed by atoms with Crippen molar-refractivity contribution in [2.45, 2.75) is 0 Å². The van der Waals surface area contributed by atoms with Crippen LogP contribution < -0.4 is 10.5 Å². The Labute approximate surface area is 102 Å². The maximum Gasteiger partial charge on any atom is 0.269 e. The SMILES string of the molecule is NCCOc1noc(-c2ccccc2)c1Br. The van der Waals surface area contributed by atoms with E-state index in [9.17, 15) is 0 Å². The number of halogens is 1. The van der Waals surface area contributed by atoms with Crippen molar-refractivity contribution in [3.8, 4) is 17.2 Å². The molecule has 2 aromatic rings. The first-order valence-corrected chi connectivity index (χ1v) is 5.65. The van der Waals surface area contributed by atoms with E-state index < -0.39 is 0 Å². The normalized spacial score (nSPS) is 10.4. The third-order valence-corrected chi connectivity index (χ3v) is 2.70. The molecule has 84 valence electrons. The highest BCUT2D eigenvalue weighted by Gasteiger charge is 2.15. The summed E-state index contributed by atoms with van der Waals surface area (Å²) in [5.41, 5.74) is 6.29. The lowest BCUT2D eigenvalue weighted by Crippen LogP contribution is -2.10. The highest BCUT2D eigenvalue weighted by molar-refractivity contribution is 9.10. The van der Waals surface area contributed by atoms with Crippen LogP contribution in [0.4, 0.5) is 0 Å². The van der Waals surface area contributed by atoms with Crippen molar-refractivity contribution < 1.29 is 9.26 Å². The van der Waals surface area contributed by atoms with Gasteiger partial charge in [0.25, 0.3) is 5.88 Å². The first-order valence-electron chi connectivity index (χ1n) is 4.86. The lowest BCUT2D eigenvalue weighted by Gasteiger charge is -1.99. The molecule has 0 radical (unpaired) electrons. The van der Waals surface area contributed by atoms with Crippen molar-refractivity contribution in [3.63, 3.8) is 0 Å². The van der Waals surface area contributed by atoms with Gasteiger partial charge in [-0.2, -0.15) is 0 Å². The van der Waals surface area contributed by atoms with Crippen molar-refractivity contribution in [2.75, 3.05) is 13.2 Å². The number of benzene rings is 1. The zero-order chi connectivity index (χ0) is 11.4. The van der Waals surface area contributed by atoms with E-state index in [0.717, 1.165) is 5.56 Å². The molecule has 0 aliphatic carbocycles. The van der Waals surface area contributed by atoms with Gasteiger partial charge in [-0.15, -0.1) is 0 Å². The summed E-state index contributed by atoms with van der Waals surface area (Å²) in [6.07, 6.45) is 0. The van der Waals surface area contributed by atoms with Crippen LogP contribution in [0.5, 0.6) is 5.88 Å². The Bertz CT molecular complexity index is 456. The number of hydrogen-bond donors (Lipinski definition) is 1. The van der Waals surface area contributed by atoms with Crippen LogP contribution in [0.3, 0.4) is 0 Å². The molecule has 16 heavy (non-hydrogen) atoms. The average Bonchev–Trinajstić information content (AvgIpc) is 2.69. The number of hydrogen-bond acceptors (Lipinski definition) is 4. The molecule has 1 heterocycles. The lowest BCUT2D eigenvalue weighted by atomic mass is 10.2. The molecule has 1 aromatic carbocycles. The Morgan fingerprint density at radius 1 is 1.31 bits per heavy atom. The van der Waals surface area contributed by atoms with E-state index >= 15 is 0 Å². The van der Waals surface area contributed by atoms with Gasteiger partial charge in [0.1, 0.15) is 11.1 Å². The van der Waals surface area contributed by atoms with Crippen molar-refractivity contribution in [3.05, 3.63) is 34.8 Å². The molecule has 0 unspecified atom stereocenters. The minimum atomic E-state index is 0.416. The second-order valence-corrected chi connectivity index (χ2v) is 3.93. The first-order chi connectivity index (χ1) is 7.83. The summed E-state index contributed by atoms with van der Waals surface area (Å²) < 4.78 is 11.2. The Kier molecular flexibility index (Phi) is 3.58. The van der Waals surface area contributed by atoms with E-state index in [1.165, 1.54) is 0 Å². The van der Waals surface area contributed by atoms with Crippen molar-refractivity contribution in [1.82, 2.24) is 5.16 Å². The number of ether oxygens (including phenoxy) is 1. The number of aromatic nitrogens is 1. The van der Waals surface area contributed by atoms with Gasteiger partial charge in [0.2, 0.25) is 0 Å². The molecule has 0 bridgehead atoms. The molecular formula is C11H11BrN2O2. The minimum absolute atomic E-state index is 0.416. The fraction of sp³-hybridized carbons (Fsp3) is 0.182. The summed E-state index contributed by atoms with van der Waals surface area (Å²) in [6.45, 7) is 0.860. The highest BCUT2D eigenvalue weighted by atomic mass is 79.9. The summed E-state index contributed by atoms with van der Waals surface area (Å²) in [5, 5.41) is 3.83. The Balaban J connectivity index is 2.27. The van der Waals surface area contributed by atoms with Crippen LogP contribution in [0.1, 0.15) is 0 Å². The zero-order valence-electron chi connectivity index (χ0n) is 8.52. The minimum Gasteiger partial charge on any atom is -0.473 e. The topological polar surface area (TPSA) is 61.3 Å². The second-order valence-electron chi connectivity index (χ2n) is 3.13. The number of rotatable bonds is 4. The van der Waals surface area contributed by atoms with Crippen LogP contribution in [0, 0.1) is 0 Å². The Morgan fingerprint density at radius 3 is 2.75 bits per heavy atom. The van der Waals surface area contributed by atoms with Crippen molar-refractivity contribution >= 4 is 15.9 Å². The largest absolute Gasteiger partial charge is 0.473 e. The van der Waals surface area contributed by atoms with E-state index in [-0.39, 0.29) is 0 Å². The monoisotopic (exact) mass is 282 g/mol. The molecule has 0 aliphatic rings. The predicted molar refractivity (Wildman–Crippen MR) is 64.2 cm³/mol. The molecule has 0 saturated heterocycles. The van der Waals surface area contributed by atoms with Crippen LogP contribution >= 0.6 is 15.9 Å². The van der Waals surface area contributed by atoms with E-state index in [0.29, 0.717) is 29.3 Å². The molecule has 0 saturated carbocycles. The van der Waals surface area contributed by atoms with Gasteiger partial charge in [0, 0.05) is 12.1 Å². The molecule has 0 atom stereocenters. The van der Waals surface area contributed by atoms with Crippen LogP contribution in [0.25, 0.3) is 11.3 Å². The van der Waals surface area contributed by atoms with Crippen LogP contribution in [-0.4, -0.2) is 18.3 Å². The number of nitrogens with zero attached hydrogens (tertiary/aromatic N) is 1. The van der Waals surface area contributed by atoms with Crippen LogP contribution in [0.15, 0.2) is 39.3 Å². The zero-order valence-corrected chi connectivity index (χ0v) is 10.1. The molecule has 0 aliphatic heterocycles. The molecule has 0 fully saturated rings. The maximum atomic E-state index is 5.35. The van der Waals surface area contributed by atoms with Crippen LogP contribution in [0.2, 0.25) is 0 Å². The smallest absolute Gasteiger partial charge is 0.269 e. The van der Waals surface area contributed by atoms with Gasteiger partial charge in [-0.3, -0.25) is 0 Å². The highest BCUT2D eigenvalue weighted by Crippen LogP contribution is 2.35. The molecule has 2 rings (SSSR count). The predicted octanol–water partition coefficient (Wildman–Crippen LogP) is 2.44.